The lowest BCUT2D eigenvalue weighted by molar-refractivity contribution is -0.149. The van der Waals surface area contributed by atoms with Crippen LogP contribution in [0.2, 0.25) is 0 Å². The minimum absolute atomic E-state index is 0.0531. The third-order valence-electron chi connectivity index (χ3n) is 12.9. The molecule has 6 unspecified atom stereocenters. The molecular formula is C45H63N9O13S. The van der Waals surface area contributed by atoms with E-state index in [4.69, 9.17) is 29.2 Å². The molecule has 0 aliphatic carbocycles. The minimum atomic E-state index is -3.63. The van der Waals surface area contributed by atoms with Crippen LogP contribution >= 0.6 is 0 Å². The van der Waals surface area contributed by atoms with Gasteiger partial charge >= 0.3 is 30.1 Å². The smallest absolute Gasteiger partial charge is 0.414 e. The fourth-order valence-electron chi connectivity index (χ4n) is 8.81. The number of benzene rings is 2. The number of rotatable bonds is 15. The summed E-state index contributed by atoms with van der Waals surface area (Å²) in [5, 5.41) is 41.6. The molecule has 7 rings (SSSR count). The van der Waals surface area contributed by atoms with Crippen molar-refractivity contribution in [3.63, 3.8) is 0 Å². The van der Waals surface area contributed by atoms with E-state index in [-0.39, 0.29) is 55.1 Å². The van der Waals surface area contributed by atoms with Crippen LogP contribution in [0.15, 0.2) is 48.5 Å². The number of esters is 1. The summed E-state index contributed by atoms with van der Waals surface area (Å²) < 4.78 is 42.8. The number of ether oxygens (including phenoxy) is 3. The normalized spacial score (nSPS) is 25.1. The zero-order valence-corrected chi connectivity index (χ0v) is 39.6. The van der Waals surface area contributed by atoms with Gasteiger partial charge in [0.05, 0.1) is 56.0 Å². The highest BCUT2D eigenvalue weighted by Gasteiger charge is 2.37. The van der Waals surface area contributed by atoms with Crippen molar-refractivity contribution >= 4 is 63.3 Å². The number of nitrogens with one attached hydrogen (secondary N) is 4. The molecule has 0 aromatic heterocycles. The number of hydrogen-bond donors (Lipinski definition) is 6. The molecular weight excluding hydrogens is 907 g/mol. The van der Waals surface area contributed by atoms with Crippen molar-refractivity contribution in [2.75, 3.05) is 89.2 Å². The predicted octanol–water partition coefficient (Wildman–Crippen LogP) is 2.61. The number of piperidine rings is 3. The Kier molecular flexibility index (Phi) is 17.4. The first-order valence-electron chi connectivity index (χ1n) is 22.7. The number of carbonyl (C=O) groups is 5. The molecule has 2 amide bonds. The van der Waals surface area contributed by atoms with Crippen LogP contribution in [0.25, 0.3) is 0 Å². The highest BCUT2D eigenvalue weighted by molar-refractivity contribution is 7.86. The van der Waals surface area contributed by atoms with Gasteiger partial charge in [-0.25, -0.2) is 9.59 Å². The number of cyclic esters (lactones) is 2. The van der Waals surface area contributed by atoms with E-state index in [2.05, 4.69) is 15.5 Å². The summed E-state index contributed by atoms with van der Waals surface area (Å²) >= 11 is 0. The quantitative estimate of drug-likeness (QED) is 0.0492. The van der Waals surface area contributed by atoms with E-state index in [0.717, 1.165) is 32.2 Å². The van der Waals surface area contributed by atoms with E-state index in [9.17, 15) is 42.6 Å². The van der Waals surface area contributed by atoms with Crippen LogP contribution in [0, 0.1) is 28.6 Å². The number of anilines is 2. The van der Waals surface area contributed by atoms with Crippen molar-refractivity contribution < 1.29 is 61.0 Å². The van der Waals surface area contributed by atoms with Crippen molar-refractivity contribution in [1.29, 1.82) is 10.8 Å². The van der Waals surface area contributed by atoms with Gasteiger partial charge in [0.25, 0.3) is 10.1 Å². The average molecular weight is 970 g/mol. The molecule has 0 radical (unpaired) electrons. The van der Waals surface area contributed by atoms with Crippen molar-refractivity contribution in [1.82, 2.24) is 25.3 Å². The van der Waals surface area contributed by atoms with E-state index >= 15 is 0 Å². The summed E-state index contributed by atoms with van der Waals surface area (Å²) in [7, 11) is 0.177. The number of hydrogen-bond acceptors (Lipinski definition) is 16. The fourth-order valence-corrected chi connectivity index (χ4v) is 9.21. The molecule has 23 heteroatoms. The Hall–Kier alpha value is -5.88. The zero-order chi connectivity index (χ0) is 49.3. The number of carbonyl (C=O) groups excluding carboxylic acids is 3. The van der Waals surface area contributed by atoms with Crippen molar-refractivity contribution in [3.8, 4) is 0 Å². The molecule has 5 fully saturated rings. The predicted molar refractivity (Wildman–Crippen MR) is 248 cm³/mol. The molecule has 2 aromatic carbocycles. The lowest BCUT2D eigenvalue weighted by Gasteiger charge is -2.36. The molecule has 6 atom stereocenters. The number of carboxylic acid groups (broad SMARTS) is 2. The third kappa shape index (κ3) is 13.9. The van der Waals surface area contributed by atoms with Gasteiger partial charge < -0.3 is 35.1 Å². The van der Waals surface area contributed by atoms with Gasteiger partial charge in [-0.1, -0.05) is 0 Å². The van der Waals surface area contributed by atoms with Crippen LogP contribution in [-0.2, 0) is 42.9 Å². The van der Waals surface area contributed by atoms with Gasteiger partial charge in [-0.05, 0) is 121 Å². The first kappa shape index (κ1) is 51.5. The van der Waals surface area contributed by atoms with E-state index in [1.807, 2.05) is 30.8 Å². The maximum atomic E-state index is 12.6. The van der Waals surface area contributed by atoms with Gasteiger partial charge in [-0.3, -0.25) is 53.9 Å². The molecule has 2 aromatic rings. The van der Waals surface area contributed by atoms with E-state index < -0.39 is 52.2 Å². The number of carboxylic acids is 2. The molecule has 372 valence electrons. The van der Waals surface area contributed by atoms with Crippen LogP contribution in [0.4, 0.5) is 21.0 Å². The number of amidine groups is 2. The summed E-state index contributed by atoms with van der Waals surface area (Å²) in [6, 6.07) is 13.8. The summed E-state index contributed by atoms with van der Waals surface area (Å²) in [6.45, 7) is 5.99. The lowest BCUT2D eigenvalue weighted by Crippen LogP contribution is -2.51. The number of nitrogens with zero attached hydrogens (tertiary/aromatic N) is 5. The Morgan fingerprint density at radius 2 is 1.13 bits per heavy atom. The molecule has 6 N–H and O–H groups in total. The highest BCUT2D eigenvalue weighted by atomic mass is 32.2. The molecule has 0 saturated carbocycles. The maximum absolute atomic E-state index is 12.6. The second-order valence-corrected chi connectivity index (χ2v) is 19.4. The van der Waals surface area contributed by atoms with Gasteiger partial charge in [0.1, 0.15) is 30.5 Å². The Bertz CT molecular complexity index is 2260. The number of amides is 2. The van der Waals surface area contributed by atoms with Crippen LogP contribution in [-0.4, -0.2) is 179 Å². The highest BCUT2D eigenvalue weighted by Crippen LogP contribution is 2.27. The number of aliphatic carboxylic acids is 2. The second kappa shape index (κ2) is 22.9. The Morgan fingerprint density at radius 1 is 0.706 bits per heavy atom. The number of likely N-dealkylation sites (tertiary alicyclic amines) is 3. The average Bonchev–Trinajstić information content (AvgIpc) is 3.87. The van der Waals surface area contributed by atoms with Gasteiger partial charge in [0.15, 0.2) is 0 Å². The van der Waals surface area contributed by atoms with E-state index in [0.29, 0.717) is 81.0 Å². The molecule has 5 aliphatic rings. The topological polar surface area (TPSA) is 285 Å². The summed E-state index contributed by atoms with van der Waals surface area (Å²) in [4.78, 5) is 68.5. The Morgan fingerprint density at radius 3 is 1.56 bits per heavy atom. The van der Waals surface area contributed by atoms with Gasteiger partial charge in [0.2, 0.25) is 0 Å². The first-order valence-corrected chi connectivity index (χ1v) is 24.6. The van der Waals surface area contributed by atoms with Crippen LogP contribution < -0.4 is 20.4 Å². The molecule has 0 spiro atoms. The van der Waals surface area contributed by atoms with Gasteiger partial charge in [-0.15, -0.1) is 0 Å². The van der Waals surface area contributed by atoms with Crippen molar-refractivity contribution in [3.05, 3.63) is 59.7 Å². The first-order chi connectivity index (χ1) is 32.3. The van der Waals surface area contributed by atoms with Gasteiger partial charge in [-0.2, -0.15) is 8.42 Å². The molecule has 68 heavy (non-hydrogen) atoms. The zero-order valence-electron chi connectivity index (χ0n) is 38.8. The van der Waals surface area contributed by atoms with Gasteiger partial charge in [0, 0.05) is 42.1 Å². The molecule has 0 bridgehead atoms. The monoisotopic (exact) mass is 969 g/mol. The second-order valence-electron chi connectivity index (χ2n) is 17.8. The standard InChI is InChI=1S/C26H37N5O6.C19H26N4O7S/c1-3-36-25(34)18-9-12-30(13-10-18)15-21-16-31(26(35)37-21)20-6-4-17(5-7-20)23(27)28-22-14-19(24(32)33)8-11-29(22)2;1-22-8-7-13(18(24)25)9-16(22)21-17(20)12-3-5-14(6-4-12)23-10-15(30-19(23)26)11-29-31(2,27)28/h4-7,18-19,21-22H,3,8-16H2,1-2H3,(H2,27,28)(H,32,33);3-6,13,15-16H,7-11H2,1-2H3,(H2,20,21)(H,24,25). The third-order valence-corrected chi connectivity index (χ3v) is 13.4. The fraction of sp³-hybridized carbons (Fsp3) is 0.578. The van der Waals surface area contributed by atoms with Crippen LogP contribution in [0.5, 0.6) is 0 Å². The van der Waals surface area contributed by atoms with E-state index in [1.165, 1.54) is 4.90 Å². The van der Waals surface area contributed by atoms with Crippen LogP contribution in [0.3, 0.4) is 0 Å². The summed E-state index contributed by atoms with van der Waals surface area (Å²) in [5.41, 5.74) is 2.48. The Labute approximate surface area is 395 Å². The van der Waals surface area contributed by atoms with E-state index in [1.54, 1.807) is 53.4 Å². The van der Waals surface area contributed by atoms with Crippen molar-refractivity contribution in [2.45, 2.75) is 70.0 Å². The van der Waals surface area contributed by atoms with Crippen molar-refractivity contribution in [2.24, 2.45) is 17.8 Å². The molecule has 5 heterocycles. The minimum Gasteiger partial charge on any atom is -0.481 e. The lowest BCUT2D eigenvalue weighted by atomic mass is 9.94. The largest absolute Gasteiger partial charge is 0.481 e. The molecule has 5 aliphatic heterocycles. The van der Waals surface area contributed by atoms with Crippen LogP contribution in [0.1, 0.15) is 56.6 Å². The Balaban J connectivity index is 0.000000228. The SMILES string of the molecule is CCOC(=O)C1CCN(CC2CN(c3ccc(C(=N)NC4CC(C(=O)O)CCN4C)cc3)C(=O)O2)CC1.CN1CCC(C(=O)O)CC1NC(=N)c1ccc(N2CC(COS(C)(=O)=O)OC2=O)cc1. The summed E-state index contributed by atoms with van der Waals surface area (Å²) in [5.74, 6) is -2.29. The molecule has 22 nitrogen and oxygen atoms in total. The maximum Gasteiger partial charge on any atom is 0.414 e. The molecule has 5 saturated heterocycles. The summed E-state index contributed by atoms with van der Waals surface area (Å²) in [6.07, 6.45) is 2.01.